The summed E-state index contributed by atoms with van der Waals surface area (Å²) in [5.41, 5.74) is 6.84. The topological polar surface area (TPSA) is 80.9 Å². The molecular formula is C25H24N6OS. The van der Waals surface area contributed by atoms with Crippen LogP contribution in [0.4, 0.5) is 5.00 Å². The maximum atomic E-state index is 13.2. The fourth-order valence-corrected chi connectivity index (χ4v) is 5.61. The number of aromatic nitrogens is 4. The molecule has 7 nitrogen and oxygen atoms in total. The van der Waals surface area contributed by atoms with E-state index in [1.807, 2.05) is 65.1 Å². The second-order valence-corrected chi connectivity index (χ2v) is 9.36. The molecule has 1 aliphatic heterocycles. The van der Waals surface area contributed by atoms with Crippen molar-refractivity contribution in [3.63, 3.8) is 0 Å². The van der Waals surface area contributed by atoms with E-state index >= 15 is 0 Å². The Labute approximate surface area is 195 Å². The smallest absolute Gasteiger partial charge is 0.227 e. The van der Waals surface area contributed by atoms with E-state index in [9.17, 15) is 4.79 Å². The van der Waals surface area contributed by atoms with Gasteiger partial charge in [-0.05, 0) is 36.8 Å². The summed E-state index contributed by atoms with van der Waals surface area (Å²) in [7, 11) is 0. The Hall–Kier alpha value is -3.65. The lowest BCUT2D eigenvalue weighted by atomic mass is 10.1. The number of para-hydroxylation sites is 2. The van der Waals surface area contributed by atoms with Gasteiger partial charge in [-0.2, -0.15) is 0 Å². The predicted molar refractivity (Wildman–Crippen MR) is 133 cm³/mol. The fourth-order valence-electron chi connectivity index (χ4n) is 4.77. The molecule has 1 amide bonds. The van der Waals surface area contributed by atoms with Crippen LogP contribution in [-0.2, 0) is 11.2 Å². The SMILES string of the molecule is C[C@@H]1CN(c2scnc2-c2nc3ccccc3[nH]2)CCN1C(=O)Cc1cccc2[nH]ccc12. The molecule has 0 radical (unpaired) electrons. The Balaban J connectivity index is 1.19. The molecule has 0 unspecified atom stereocenters. The highest BCUT2D eigenvalue weighted by Gasteiger charge is 2.30. The van der Waals surface area contributed by atoms with E-state index in [-0.39, 0.29) is 11.9 Å². The molecule has 0 aliphatic carbocycles. The molecule has 166 valence electrons. The monoisotopic (exact) mass is 456 g/mol. The average molecular weight is 457 g/mol. The number of imidazole rings is 1. The second kappa shape index (κ2) is 8.04. The van der Waals surface area contributed by atoms with Gasteiger partial charge in [-0.1, -0.05) is 24.3 Å². The van der Waals surface area contributed by atoms with Gasteiger partial charge < -0.3 is 19.8 Å². The van der Waals surface area contributed by atoms with Crippen LogP contribution >= 0.6 is 11.3 Å². The Morgan fingerprint density at radius 3 is 2.88 bits per heavy atom. The van der Waals surface area contributed by atoms with Crippen molar-refractivity contribution in [2.24, 2.45) is 0 Å². The zero-order valence-corrected chi connectivity index (χ0v) is 19.1. The number of nitrogens with zero attached hydrogens (tertiary/aromatic N) is 4. The molecule has 5 aromatic rings. The Kier molecular flexibility index (Phi) is 4.87. The number of nitrogens with one attached hydrogen (secondary N) is 2. The molecule has 1 aliphatic rings. The predicted octanol–water partition coefficient (Wildman–Crippen LogP) is 4.45. The van der Waals surface area contributed by atoms with Crippen molar-refractivity contribution in [1.82, 2.24) is 24.8 Å². The van der Waals surface area contributed by atoms with Crippen LogP contribution in [0.5, 0.6) is 0 Å². The van der Waals surface area contributed by atoms with E-state index in [2.05, 4.69) is 26.8 Å². The van der Waals surface area contributed by atoms with Gasteiger partial charge >= 0.3 is 0 Å². The first-order valence-corrected chi connectivity index (χ1v) is 12.0. The van der Waals surface area contributed by atoms with E-state index in [4.69, 9.17) is 4.98 Å². The minimum Gasteiger partial charge on any atom is -0.361 e. The molecule has 8 heteroatoms. The summed E-state index contributed by atoms with van der Waals surface area (Å²) in [5.74, 6) is 0.968. The lowest BCUT2D eigenvalue weighted by molar-refractivity contribution is -0.132. The van der Waals surface area contributed by atoms with Crippen molar-refractivity contribution in [3.05, 3.63) is 65.8 Å². The lowest BCUT2D eigenvalue weighted by Gasteiger charge is -2.40. The van der Waals surface area contributed by atoms with Gasteiger partial charge in [0.25, 0.3) is 0 Å². The molecule has 1 fully saturated rings. The molecule has 0 spiro atoms. The summed E-state index contributed by atoms with van der Waals surface area (Å²) in [5, 5.41) is 2.22. The Morgan fingerprint density at radius 2 is 2.00 bits per heavy atom. The summed E-state index contributed by atoms with van der Waals surface area (Å²) in [6, 6.07) is 16.3. The summed E-state index contributed by atoms with van der Waals surface area (Å²) < 4.78 is 0. The van der Waals surface area contributed by atoms with Crippen LogP contribution in [0.3, 0.4) is 0 Å². The zero-order chi connectivity index (χ0) is 22.4. The van der Waals surface area contributed by atoms with E-state index in [1.165, 1.54) is 0 Å². The average Bonchev–Trinajstić information content (AvgIpc) is 3.57. The normalized spacial score (nSPS) is 16.7. The number of hydrogen-bond acceptors (Lipinski definition) is 5. The highest BCUT2D eigenvalue weighted by Crippen LogP contribution is 2.34. The molecule has 0 bridgehead atoms. The van der Waals surface area contributed by atoms with Crippen molar-refractivity contribution in [2.75, 3.05) is 24.5 Å². The van der Waals surface area contributed by atoms with Crippen LogP contribution in [0, 0.1) is 0 Å². The number of amides is 1. The van der Waals surface area contributed by atoms with E-state index in [1.54, 1.807) is 11.3 Å². The number of hydrogen-bond donors (Lipinski definition) is 2. The molecular weight excluding hydrogens is 432 g/mol. The minimum absolute atomic E-state index is 0.113. The first-order valence-electron chi connectivity index (χ1n) is 11.2. The van der Waals surface area contributed by atoms with Gasteiger partial charge in [-0.15, -0.1) is 11.3 Å². The standard InChI is InChI=1S/C25H24N6OS/c1-16-14-30(25-23(27-15-33-25)24-28-20-6-2-3-7-21(20)29-24)11-12-31(16)22(32)13-17-5-4-8-19-18(17)9-10-26-19/h2-10,15-16,26H,11-14H2,1H3,(H,28,29)/t16-/m1/s1. The van der Waals surface area contributed by atoms with Crippen LogP contribution in [-0.4, -0.2) is 56.4 Å². The van der Waals surface area contributed by atoms with E-state index in [0.717, 1.165) is 57.1 Å². The van der Waals surface area contributed by atoms with Crippen LogP contribution < -0.4 is 4.90 Å². The molecule has 1 atom stereocenters. The van der Waals surface area contributed by atoms with Crippen molar-refractivity contribution in [2.45, 2.75) is 19.4 Å². The number of piperazine rings is 1. The molecule has 2 aromatic carbocycles. The van der Waals surface area contributed by atoms with Gasteiger partial charge in [0.15, 0.2) is 5.82 Å². The van der Waals surface area contributed by atoms with Gasteiger partial charge in [0.1, 0.15) is 10.7 Å². The van der Waals surface area contributed by atoms with Crippen LogP contribution in [0.2, 0.25) is 0 Å². The summed E-state index contributed by atoms with van der Waals surface area (Å²) >= 11 is 1.63. The Bertz CT molecular complexity index is 1420. The number of rotatable bonds is 4. The summed E-state index contributed by atoms with van der Waals surface area (Å²) in [6.07, 6.45) is 2.35. The molecule has 0 saturated carbocycles. The maximum absolute atomic E-state index is 13.2. The molecule has 33 heavy (non-hydrogen) atoms. The number of aromatic amines is 2. The third-order valence-electron chi connectivity index (χ3n) is 6.42. The molecule has 4 heterocycles. The highest BCUT2D eigenvalue weighted by molar-refractivity contribution is 7.14. The van der Waals surface area contributed by atoms with E-state index < -0.39 is 0 Å². The largest absolute Gasteiger partial charge is 0.361 e. The third kappa shape index (κ3) is 3.56. The number of anilines is 1. The van der Waals surface area contributed by atoms with Gasteiger partial charge in [-0.25, -0.2) is 9.97 Å². The Morgan fingerprint density at radius 1 is 1.12 bits per heavy atom. The molecule has 2 N–H and O–H groups in total. The first kappa shape index (κ1) is 20.0. The lowest BCUT2D eigenvalue weighted by Crippen LogP contribution is -2.54. The number of carbonyl (C=O) groups is 1. The maximum Gasteiger partial charge on any atom is 0.227 e. The number of thiazole rings is 1. The van der Waals surface area contributed by atoms with Crippen LogP contribution in [0.15, 0.2) is 60.2 Å². The van der Waals surface area contributed by atoms with Crippen molar-refractivity contribution < 1.29 is 4.79 Å². The number of carbonyl (C=O) groups excluding carboxylic acids is 1. The van der Waals surface area contributed by atoms with Gasteiger partial charge in [0.05, 0.1) is 23.0 Å². The number of fused-ring (bicyclic) bond motifs is 2. The van der Waals surface area contributed by atoms with Crippen LogP contribution in [0.25, 0.3) is 33.5 Å². The summed E-state index contributed by atoms with van der Waals surface area (Å²) in [6.45, 7) is 4.37. The number of H-pyrrole nitrogens is 2. The first-order chi connectivity index (χ1) is 16.2. The van der Waals surface area contributed by atoms with Crippen LogP contribution in [0.1, 0.15) is 12.5 Å². The van der Waals surface area contributed by atoms with Crippen molar-refractivity contribution in [1.29, 1.82) is 0 Å². The third-order valence-corrected chi connectivity index (χ3v) is 7.31. The second-order valence-electron chi connectivity index (χ2n) is 8.52. The fraction of sp³-hybridized carbons (Fsp3) is 0.240. The highest BCUT2D eigenvalue weighted by atomic mass is 32.1. The quantitative estimate of drug-likeness (QED) is 0.419. The summed E-state index contributed by atoms with van der Waals surface area (Å²) in [4.78, 5) is 33.5. The van der Waals surface area contributed by atoms with E-state index in [0.29, 0.717) is 13.0 Å². The molecule has 1 saturated heterocycles. The number of benzene rings is 2. The van der Waals surface area contributed by atoms with Gasteiger partial charge in [0, 0.05) is 42.8 Å². The molecule has 6 rings (SSSR count). The zero-order valence-electron chi connectivity index (χ0n) is 18.3. The van der Waals surface area contributed by atoms with Crippen molar-refractivity contribution in [3.8, 4) is 11.5 Å². The van der Waals surface area contributed by atoms with Gasteiger partial charge in [-0.3, -0.25) is 4.79 Å². The molecule has 3 aromatic heterocycles. The van der Waals surface area contributed by atoms with Gasteiger partial charge in [0.2, 0.25) is 5.91 Å². The minimum atomic E-state index is 0.113. The van der Waals surface area contributed by atoms with Crippen molar-refractivity contribution >= 4 is 44.2 Å².